The molecule has 0 atom stereocenters. The molecule has 0 aliphatic carbocycles. The molecule has 1 saturated heterocycles. The predicted octanol–water partition coefficient (Wildman–Crippen LogP) is 4.43. The van der Waals surface area contributed by atoms with Gasteiger partial charge in [0.25, 0.3) is 11.8 Å². The summed E-state index contributed by atoms with van der Waals surface area (Å²) in [5, 5.41) is 3.17. The Balaban J connectivity index is 1.58. The SMILES string of the molecule is CCOCCCN1C(=O)C(Nc2ccc(N3CCCCC3)cc2)=C(c2ccc(F)cc2)C1=O. The first-order valence-electron chi connectivity index (χ1n) is 11.6. The van der Waals surface area contributed by atoms with Gasteiger partial charge in [0.1, 0.15) is 11.5 Å². The number of anilines is 2. The highest BCUT2D eigenvalue weighted by Crippen LogP contribution is 2.31. The van der Waals surface area contributed by atoms with Crippen LogP contribution >= 0.6 is 0 Å². The first kappa shape index (κ1) is 23.0. The number of carbonyl (C=O) groups excluding carboxylic acids is 2. The molecular formula is C26H30FN3O3. The lowest BCUT2D eigenvalue weighted by Gasteiger charge is -2.28. The Bertz CT molecular complexity index is 1010. The molecule has 0 spiro atoms. The average molecular weight is 452 g/mol. The predicted molar refractivity (Wildman–Crippen MR) is 127 cm³/mol. The molecule has 4 rings (SSSR count). The molecular weight excluding hydrogens is 421 g/mol. The minimum Gasteiger partial charge on any atom is -0.382 e. The summed E-state index contributed by atoms with van der Waals surface area (Å²) in [6.07, 6.45) is 4.22. The van der Waals surface area contributed by atoms with Crippen LogP contribution in [0.4, 0.5) is 15.8 Å². The van der Waals surface area contributed by atoms with Crippen LogP contribution in [-0.4, -0.2) is 49.6 Å². The van der Waals surface area contributed by atoms with E-state index in [0.29, 0.717) is 25.2 Å². The van der Waals surface area contributed by atoms with Crippen LogP contribution in [0.15, 0.2) is 54.2 Å². The van der Waals surface area contributed by atoms with Crippen LogP contribution in [0.2, 0.25) is 0 Å². The number of amides is 2. The molecule has 0 bridgehead atoms. The van der Waals surface area contributed by atoms with Gasteiger partial charge >= 0.3 is 0 Å². The Kier molecular flexibility index (Phi) is 7.40. The molecule has 2 aromatic carbocycles. The average Bonchev–Trinajstić information content (AvgIpc) is 3.07. The molecule has 0 aromatic heterocycles. The van der Waals surface area contributed by atoms with Gasteiger partial charge in [-0.2, -0.15) is 0 Å². The standard InChI is InChI=1S/C26H30FN3O3/c1-2-33-18-6-17-30-25(31)23(19-7-9-20(27)10-8-19)24(26(30)32)28-21-11-13-22(14-12-21)29-15-4-3-5-16-29/h7-14,28H,2-6,15-18H2,1H3. The molecule has 1 fully saturated rings. The molecule has 7 heteroatoms. The fraction of sp³-hybridized carbons (Fsp3) is 0.385. The molecule has 0 saturated carbocycles. The maximum absolute atomic E-state index is 13.5. The zero-order valence-electron chi connectivity index (χ0n) is 19.0. The monoisotopic (exact) mass is 451 g/mol. The van der Waals surface area contributed by atoms with E-state index >= 15 is 0 Å². The Hall–Kier alpha value is -3.19. The Morgan fingerprint density at radius 2 is 1.64 bits per heavy atom. The van der Waals surface area contributed by atoms with Crippen molar-refractivity contribution in [1.29, 1.82) is 0 Å². The molecule has 6 nitrogen and oxygen atoms in total. The summed E-state index contributed by atoms with van der Waals surface area (Å²) in [6, 6.07) is 13.6. The number of piperidine rings is 1. The summed E-state index contributed by atoms with van der Waals surface area (Å²) in [4.78, 5) is 30.0. The first-order valence-corrected chi connectivity index (χ1v) is 11.6. The van der Waals surface area contributed by atoms with Crippen molar-refractivity contribution in [2.75, 3.05) is 43.1 Å². The number of nitrogens with zero attached hydrogens (tertiary/aromatic N) is 2. The highest BCUT2D eigenvalue weighted by Gasteiger charge is 2.38. The second-order valence-electron chi connectivity index (χ2n) is 8.29. The molecule has 2 amide bonds. The third-order valence-corrected chi connectivity index (χ3v) is 6.03. The molecule has 2 aliphatic heterocycles. The number of rotatable bonds is 9. The highest BCUT2D eigenvalue weighted by atomic mass is 19.1. The fourth-order valence-electron chi connectivity index (χ4n) is 4.30. The van der Waals surface area contributed by atoms with Crippen molar-refractivity contribution in [1.82, 2.24) is 4.90 Å². The van der Waals surface area contributed by atoms with E-state index in [9.17, 15) is 14.0 Å². The molecule has 33 heavy (non-hydrogen) atoms. The Morgan fingerprint density at radius 3 is 2.30 bits per heavy atom. The molecule has 174 valence electrons. The van der Waals surface area contributed by atoms with Gasteiger partial charge in [-0.1, -0.05) is 12.1 Å². The first-order chi connectivity index (χ1) is 16.1. The van der Waals surface area contributed by atoms with Crippen LogP contribution in [0.3, 0.4) is 0 Å². The van der Waals surface area contributed by atoms with E-state index in [1.807, 2.05) is 31.2 Å². The number of nitrogens with one attached hydrogen (secondary N) is 1. The van der Waals surface area contributed by atoms with Crippen molar-refractivity contribution in [3.8, 4) is 0 Å². The van der Waals surface area contributed by atoms with E-state index in [1.54, 1.807) is 0 Å². The third kappa shape index (κ3) is 5.25. The summed E-state index contributed by atoms with van der Waals surface area (Å²) in [5.41, 5.74) is 2.86. The molecule has 2 aromatic rings. The van der Waals surface area contributed by atoms with Gasteiger partial charge in [0.05, 0.1) is 5.57 Å². The maximum atomic E-state index is 13.5. The van der Waals surface area contributed by atoms with Crippen molar-refractivity contribution < 1.29 is 18.7 Å². The summed E-state index contributed by atoms with van der Waals surface area (Å²) in [5.74, 6) is -1.15. The molecule has 2 aliphatic rings. The number of ether oxygens (including phenoxy) is 1. The van der Waals surface area contributed by atoms with E-state index in [4.69, 9.17) is 4.74 Å². The molecule has 1 N–H and O–H groups in total. The van der Waals surface area contributed by atoms with Crippen LogP contribution in [0.5, 0.6) is 0 Å². The van der Waals surface area contributed by atoms with Crippen molar-refractivity contribution in [3.63, 3.8) is 0 Å². The smallest absolute Gasteiger partial charge is 0.278 e. The second-order valence-corrected chi connectivity index (χ2v) is 8.29. The molecule has 0 unspecified atom stereocenters. The normalized spacial score (nSPS) is 16.7. The zero-order chi connectivity index (χ0) is 23.2. The zero-order valence-corrected chi connectivity index (χ0v) is 19.0. The molecule has 2 heterocycles. The van der Waals surface area contributed by atoms with Crippen molar-refractivity contribution in [2.24, 2.45) is 0 Å². The number of halogens is 1. The highest BCUT2D eigenvalue weighted by molar-refractivity contribution is 6.36. The van der Waals surface area contributed by atoms with Gasteiger partial charge < -0.3 is 15.0 Å². The number of imide groups is 1. The van der Waals surface area contributed by atoms with Crippen LogP contribution in [0, 0.1) is 5.82 Å². The number of hydrogen-bond donors (Lipinski definition) is 1. The minimum atomic E-state index is -0.396. The minimum absolute atomic E-state index is 0.216. The van der Waals surface area contributed by atoms with Gasteiger partial charge in [0.2, 0.25) is 0 Å². The van der Waals surface area contributed by atoms with Gasteiger partial charge in [-0.25, -0.2) is 4.39 Å². The second kappa shape index (κ2) is 10.6. The van der Waals surface area contributed by atoms with Crippen LogP contribution in [0.25, 0.3) is 5.57 Å². The van der Waals surface area contributed by atoms with Crippen LogP contribution < -0.4 is 10.2 Å². The van der Waals surface area contributed by atoms with Crippen LogP contribution in [-0.2, 0) is 14.3 Å². The summed E-state index contributed by atoms with van der Waals surface area (Å²) in [6.45, 7) is 5.33. The quantitative estimate of drug-likeness (QED) is 0.451. The Labute approximate surface area is 194 Å². The van der Waals surface area contributed by atoms with Gasteiger partial charge in [0, 0.05) is 44.2 Å². The van der Waals surface area contributed by atoms with E-state index in [1.165, 1.54) is 48.4 Å². The van der Waals surface area contributed by atoms with Crippen molar-refractivity contribution in [2.45, 2.75) is 32.6 Å². The summed E-state index contributed by atoms with van der Waals surface area (Å²) < 4.78 is 18.8. The summed E-state index contributed by atoms with van der Waals surface area (Å²) in [7, 11) is 0. The maximum Gasteiger partial charge on any atom is 0.278 e. The number of hydrogen-bond acceptors (Lipinski definition) is 5. The van der Waals surface area contributed by atoms with E-state index in [-0.39, 0.29) is 29.6 Å². The number of carbonyl (C=O) groups is 2. The summed E-state index contributed by atoms with van der Waals surface area (Å²) >= 11 is 0. The van der Waals surface area contributed by atoms with Gasteiger partial charge in [-0.05, 0) is 74.6 Å². The third-order valence-electron chi connectivity index (χ3n) is 6.03. The van der Waals surface area contributed by atoms with E-state index in [0.717, 1.165) is 24.5 Å². The van der Waals surface area contributed by atoms with Gasteiger partial charge in [0.15, 0.2) is 0 Å². The van der Waals surface area contributed by atoms with Crippen molar-refractivity contribution >= 4 is 28.8 Å². The fourth-order valence-corrected chi connectivity index (χ4v) is 4.30. The van der Waals surface area contributed by atoms with Crippen LogP contribution in [0.1, 0.15) is 38.2 Å². The number of benzene rings is 2. The largest absolute Gasteiger partial charge is 0.382 e. The lowest BCUT2D eigenvalue weighted by molar-refractivity contribution is -0.137. The van der Waals surface area contributed by atoms with E-state index in [2.05, 4.69) is 10.2 Å². The van der Waals surface area contributed by atoms with Gasteiger partial charge in [-0.15, -0.1) is 0 Å². The lowest BCUT2D eigenvalue weighted by Crippen LogP contribution is -2.34. The topological polar surface area (TPSA) is 61.9 Å². The van der Waals surface area contributed by atoms with Gasteiger partial charge in [-0.3, -0.25) is 14.5 Å². The van der Waals surface area contributed by atoms with E-state index < -0.39 is 5.82 Å². The molecule has 0 radical (unpaired) electrons. The Morgan fingerprint density at radius 1 is 0.939 bits per heavy atom. The lowest BCUT2D eigenvalue weighted by atomic mass is 10.0. The van der Waals surface area contributed by atoms with Crippen molar-refractivity contribution in [3.05, 3.63) is 65.6 Å².